The molecule has 2 rings (SSSR count). The second kappa shape index (κ2) is 5.07. The molecule has 2 aromatic carbocycles. The van der Waals surface area contributed by atoms with Gasteiger partial charge in [0.15, 0.2) is 0 Å². The van der Waals surface area contributed by atoms with Crippen LogP contribution in [0.25, 0.3) is 10.8 Å². The van der Waals surface area contributed by atoms with Gasteiger partial charge in [0.25, 0.3) is 0 Å². The van der Waals surface area contributed by atoms with Gasteiger partial charge in [-0.2, -0.15) is 0 Å². The van der Waals surface area contributed by atoms with Gasteiger partial charge in [0.1, 0.15) is 0 Å². The number of benzene rings is 2. The first-order valence-corrected chi connectivity index (χ1v) is 4.89. The van der Waals surface area contributed by atoms with Crippen LogP contribution in [0.3, 0.4) is 0 Å². The Balaban J connectivity index is 0.00000112. The third-order valence-corrected chi connectivity index (χ3v) is 2.57. The summed E-state index contributed by atoms with van der Waals surface area (Å²) < 4.78 is 0.888. The maximum Gasteiger partial charge on any atom is 0.336 e. The van der Waals surface area contributed by atoms with E-state index < -0.39 is 5.97 Å². The molecule has 0 aromatic heterocycles. The van der Waals surface area contributed by atoms with Crippen LogP contribution in [0.1, 0.15) is 10.4 Å². The molecule has 0 heterocycles. The normalized spacial score (nSPS) is 9.67. The van der Waals surface area contributed by atoms with Crippen LogP contribution in [0.4, 0.5) is 0 Å². The molecule has 0 aliphatic heterocycles. The quantitative estimate of drug-likeness (QED) is 0.790. The first kappa shape index (κ1) is 12.6. The van der Waals surface area contributed by atoms with Crippen molar-refractivity contribution < 1.29 is 37.2 Å². The molecular formula is C11H7BrCdO2. The zero-order valence-electron chi connectivity index (χ0n) is 7.90. The summed E-state index contributed by atoms with van der Waals surface area (Å²) in [5.74, 6) is -0.895. The van der Waals surface area contributed by atoms with E-state index in [4.69, 9.17) is 5.11 Å². The number of halogens is 1. The summed E-state index contributed by atoms with van der Waals surface area (Å²) in [5.41, 5.74) is 0.337. The average Bonchev–Trinajstić information content (AvgIpc) is 2.16. The van der Waals surface area contributed by atoms with Gasteiger partial charge in [-0.05, 0) is 29.0 Å². The topological polar surface area (TPSA) is 37.3 Å². The molecule has 0 saturated carbocycles. The van der Waals surface area contributed by atoms with Crippen LogP contribution in [0.15, 0.2) is 40.9 Å². The molecule has 0 unspecified atom stereocenters. The number of carboxylic acids is 1. The second-order valence-electron chi connectivity index (χ2n) is 2.98. The molecule has 0 bridgehead atoms. The predicted molar refractivity (Wildman–Crippen MR) is 58.6 cm³/mol. The Kier molecular flexibility index (Phi) is 4.27. The molecule has 1 N–H and O–H groups in total. The largest absolute Gasteiger partial charge is 0.478 e. The smallest absolute Gasteiger partial charge is 0.336 e. The van der Waals surface area contributed by atoms with E-state index in [1.165, 1.54) is 0 Å². The van der Waals surface area contributed by atoms with Crippen molar-refractivity contribution in [1.82, 2.24) is 0 Å². The van der Waals surface area contributed by atoms with Crippen molar-refractivity contribution in [3.8, 4) is 0 Å². The number of rotatable bonds is 1. The molecule has 2 aromatic rings. The van der Waals surface area contributed by atoms with Crippen LogP contribution in [-0.4, -0.2) is 11.1 Å². The van der Waals surface area contributed by atoms with E-state index in [0.29, 0.717) is 5.56 Å². The average molecular weight is 363 g/mol. The first-order chi connectivity index (χ1) is 6.68. The molecule has 0 fully saturated rings. The number of hydrogen-bond acceptors (Lipinski definition) is 1. The van der Waals surface area contributed by atoms with Crippen molar-refractivity contribution >= 4 is 32.7 Å². The fourth-order valence-electron chi connectivity index (χ4n) is 1.43. The zero-order valence-corrected chi connectivity index (χ0v) is 13.5. The van der Waals surface area contributed by atoms with E-state index in [2.05, 4.69) is 15.9 Å². The summed E-state index contributed by atoms with van der Waals surface area (Å²) in [6.07, 6.45) is 0. The van der Waals surface area contributed by atoms with Crippen LogP contribution in [-0.2, 0) is 27.3 Å². The standard InChI is InChI=1S/C11H7BrO2.Cd/c12-8-5-4-7-2-1-3-9(11(13)14)10(7)6-8;/h1-6H,(H,13,14);. The molecule has 0 aliphatic carbocycles. The summed E-state index contributed by atoms with van der Waals surface area (Å²) in [4.78, 5) is 10.9. The van der Waals surface area contributed by atoms with Crippen LogP contribution >= 0.6 is 15.9 Å². The van der Waals surface area contributed by atoms with Crippen molar-refractivity contribution in [2.45, 2.75) is 0 Å². The van der Waals surface area contributed by atoms with E-state index in [0.717, 1.165) is 15.2 Å². The summed E-state index contributed by atoms with van der Waals surface area (Å²) >= 11 is 3.32. The van der Waals surface area contributed by atoms with E-state index in [9.17, 15) is 4.79 Å². The van der Waals surface area contributed by atoms with E-state index in [1.807, 2.05) is 24.3 Å². The van der Waals surface area contributed by atoms with Gasteiger partial charge in [-0.25, -0.2) is 4.79 Å². The molecule has 0 saturated heterocycles. The first-order valence-electron chi connectivity index (χ1n) is 4.10. The maximum atomic E-state index is 10.9. The molecule has 0 atom stereocenters. The molecule has 4 heteroatoms. The Morgan fingerprint density at radius 2 is 1.93 bits per heavy atom. The fraction of sp³-hybridized carbons (Fsp3) is 0. The second-order valence-corrected chi connectivity index (χ2v) is 3.89. The number of carbonyl (C=O) groups is 1. The zero-order chi connectivity index (χ0) is 10.1. The van der Waals surface area contributed by atoms with Crippen LogP contribution in [0.2, 0.25) is 0 Å². The van der Waals surface area contributed by atoms with Gasteiger partial charge >= 0.3 is 5.97 Å². The predicted octanol–water partition coefficient (Wildman–Crippen LogP) is 3.30. The summed E-state index contributed by atoms with van der Waals surface area (Å²) in [5, 5.41) is 10.7. The molecule has 0 spiro atoms. The summed E-state index contributed by atoms with van der Waals surface area (Å²) in [6.45, 7) is 0. The van der Waals surface area contributed by atoms with E-state index in [-0.39, 0.29) is 27.3 Å². The van der Waals surface area contributed by atoms with E-state index >= 15 is 0 Å². The van der Waals surface area contributed by atoms with Gasteiger partial charge < -0.3 is 5.11 Å². The van der Waals surface area contributed by atoms with Crippen molar-refractivity contribution in [2.75, 3.05) is 0 Å². The molecule has 0 aliphatic rings. The number of hydrogen-bond donors (Lipinski definition) is 1. The van der Waals surface area contributed by atoms with Gasteiger partial charge in [-0.1, -0.05) is 34.1 Å². The Labute approximate surface area is 116 Å². The number of fused-ring (bicyclic) bond motifs is 1. The van der Waals surface area contributed by atoms with Crippen LogP contribution in [0, 0.1) is 0 Å². The van der Waals surface area contributed by atoms with Crippen molar-refractivity contribution in [2.24, 2.45) is 0 Å². The van der Waals surface area contributed by atoms with Crippen molar-refractivity contribution in [3.05, 3.63) is 46.4 Å². The van der Waals surface area contributed by atoms with Gasteiger partial charge in [0.2, 0.25) is 0 Å². The van der Waals surface area contributed by atoms with Crippen LogP contribution in [0.5, 0.6) is 0 Å². The van der Waals surface area contributed by atoms with Gasteiger partial charge in [0, 0.05) is 31.8 Å². The molecule has 0 amide bonds. The monoisotopic (exact) mass is 364 g/mol. The Hall–Kier alpha value is -0.428. The summed E-state index contributed by atoms with van der Waals surface area (Å²) in [7, 11) is 0. The minimum absolute atomic E-state index is 0. The maximum absolute atomic E-state index is 10.9. The van der Waals surface area contributed by atoms with Crippen LogP contribution < -0.4 is 0 Å². The molecule has 0 radical (unpaired) electrons. The minimum Gasteiger partial charge on any atom is -0.478 e. The van der Waals surface area contributed by atoms with Gasteiger partial charge in [-0.15, -0.1) is 0 Å². The Bertz CT molecular complexity index is 511. The molecular weight excluding hydrogens is 356 g/mol. The van der Waals surface area contributed by atoms with Crippen molar-refractivity contribution in [3.63, 3.8) is 0 Å². The molecule has 72 valence electrons. The van der Waals surface area contributed by atoms with E-state index in [1.54, 1.807) is 12.1 Å². The SMILES string of the molecule is O=C(O)c1cccc2ccc(Br)cc12.[Cd]. The third-order valence-electron chi connectivity index (χ3n) is 2.07. The third kappa shape index (κ3) is 2.57. The minimum atomic E-state index is -0.895. The number of aromatic carboxylic acids is 1. The van der Waals surface area contributed by atoms with Crippen molar-refractivity contribution in [1.29, 1.82) is 0 Å². The van der Waals surface area contributed by atoms with Gasteiger partial charge in [-0.3, -0.25) is 0 Å². The Morgan fingerprint density at radius 1 is 1.20 bits per heavy atom. The molecule has 15 heavy (non-hydrogen) atoms. The van der Waals surface area contributed by atoms with Gasteiger partial charge in [0.05, 0.1) is 5.56 Å². The summed E-state index contributed by atoms with van der Waals surface area (Å²) in [6, 6.07) is 10.9. The Morgan fingerprint density at radius 3 is 2.60 bits per heavy atom. The molecule has 2 nitrogen and oxygen atoms in total. The fourth-order valence-corrected chi connectivity index (χ4v) is 1.79. The number of carboxylic acid groups (broad SMARTS) is 1.